The summed E-state index contributed by atoms with van der Waals surface area (Å²) in [6.45, 7) is 4.79. The van der Waals surface area contributed by atoms with Gasteiger partial charge in [-0.3, -0.25) is 0 Å². The van der Waals surface area contributed by atoms with Crippen LogP contribution in [0.2, 0.25) is 0 Å². The summed E-state index contributed by atoms with van der Waals surface area (Å²) < 4.78 is 70.1. The average Bonchev–Trinajstić information content (AvgIpc) is 3.59. The third kappa shape index (κ3) is 5.47. The summed E-state index contributed by atoms with van der Waals surface area (Å²) in [5.41, 5.74) is 3.63. The van der Waals surface area contributed by atoms with Gasteiger partial charge in [-0.25, -0.2) is 31.3 Å². The zero-order valence-electron chi connectivity index (χ0n) is 23.3. The van der Waals surface area contributed by atoms with Crippen LogP contribution in [0.5, 0.6) is 0 Å². The van der Waals surface area contributed by atoms with Gasteiger partial charge in [0.25, 0.3) is 6.43 Å². The molecule has 0 spiro atoms. The van der Waals surface area contributed by atoms with Crippen LogP contribution in [0.4, 0.5) is 13.2 Å². The molecule has 1 unspecified atom stereocenters. The van der Waals surface area contributed by atoms with Crippen LogP contribution in [0.1, 0.15) is 53.2 Å². The Morgan fingerprint density at radius 2 is 1.69 bits per heavy atom. The first-order valence-corrected chi connectivity index (χ1v) is 14.9. The third-order valence-corrected chi connectivity index (χ3v) is 8.39. The number of aryl methyl sites for hydroxylation is 2. The molecule has 218 valence electrons. The highest BCUT2D eigenvalue weighted by Crippen LogP contribution is 2.34. The van der Waals surface area contributed by atoms with Gasteiger partial charge in [-0.05, 0) is 54.8 Å². The second-order valence-corrected chi connectivity index (χ2v) is 12.1. The number of sulfone groups is 1. The fraction of sp³-hybridized carbons (Fsp3) is 0.233. The fourth-order valence-corrected chi connectivity index (χ4v) is 5.88. The van der Waals surface area contributed by atoms with Gasteiger partial charge in [-0.1, -0.05) is 48.0 Å². The van der Waals surface area contributed by atoms with Crippen molar-refractivity contribution in [2.45, 2.75) is 44.6 Å². The van der Waals surface area contributed by atoms with E-state index in [1.54, 1.807) is 36.0 Å². The van der Waals surface area contributed by atoms with Crippen molar-refractivity contribution in [1.82, 2.24) is 24.5 Å². The Morgan fingerprint density at radius 1 is 0.976 bits per heavy atom. The van der Waals surface area contributed by atoms with E-state index in [-0.39, 0.29) is 21.9 Å². The first-order valence-electron chi connectivity index (χ1n) is 13.0. The SMILES string of the molecule is Cc1ccc(C(C)c2cnnn2-c2cc(-c3cc(F)c(CO)c(S(C)(=O)=O)c3)ccc2-n2cc(C(F)F)nc2C)cc1. The molecule has 42 heavy (non-hydrogen) atoms. The molecule has 8 nitrogen and oxygen atoms in total. The lowest BCUT2D eigenvalue weighted by Crippen LogP contribution is -2.11. The summed E-state index contributed by atoms with van der Waals surface area (Å²) >= 11 is 0. The van der Waals surface area contributed by atoms with Gasteiger partial charge in [-0.15, -0.1) is 5.10 Å². The molecule has 0 fully saturated rings. The van der Waals surface area contributed by atoms with E-state index in [1.165, 1.54) is 16.8 Å². The maximum Gasteiger partial charge on any atom is 0.281 e. The molecule has 5 rings (SSSR count). The van der Waals surface area contributed by atoms with Crippen molar-refractivity contribution >= 4 is 9.84 Å². The van der Waals surface area contributed by atoms with Gasteiger partial charge in [-0.2, -0.15) is 0 Å². The second kappa shape index (κ2) is 11.2. The van der Waals surface area contributed by atoms with Crippen LogP contribution in [-0.2, 0) is 16.4 Å². The maximum atomic E-state index is 15.0. The van der Waals surface area contributed by atoms with Crippen LogP contribution in [0.3, 0.4) is 0 Å². The van der Waals surface area contributed by atoms with Crippen molar-refractivity contribution in [2.24, 2.45) is 0 Å². The minimum Gasteiger partial charge on any atom is -0.392 e. The predicted molar refractivity (Wildman–Crippen MR) is 151 cm³/mol. The Bertz CT molecular complexity index is 1880. The molecule has 1 atom stereocenters. The molecule has 2 heterocycles. The Kier molecular flexibility index (Phi) is 7.78. The average molecular weight is 596 g/mol. The van der Waals surface area contributed by atoms with Crippen molar-refractivity contribution in [3.8, 4) is 22.5 Å². The van der Waals surface area contributed by atoms with Gasteiger partial charge in [0, 0.05) is 23.9 Å². The van der Waals surface area contributed by atoms with Crippen LogP contribution < -0.4 is 0 Å². The molecule has 0 bridgehead atoms. The predicted octanol–water partition coefficient (Wildman–Crippen LogP) is 5.86. The molecule has 0 saturated heterocycles. The van der Waals surface area contributed by atoms with E-state index >= 15 is 4.39 Å². The first kappa shape index (κ1) is 29.2. The van der Waals surface area contributed by atoms with E-state index in [4.69, 9.17) is 0 Å². The molecule has 0 aliphatic carbocycles. The monoisotopic (exact) mass is 595 g/mol. The maximum absolute atomic E-state index is 15.0. The number of halogens is 3. The number of nitrogens with zero attached hydrogens (tertiary/aromatic N) is 5. The highest BCUT2D eigenvalue weighted by Gasteiger charge is 2.23. The summed E-state index contributed by atoms with van der Waals surface area (Å²) in [5.74, 6) is -0.733. The summed E-state index contributed by atoms with van der Waals surface area (Å²) in [6.07, 6.45) is 1.02. The number of rotatable bonds is 8. The summed E-state index contributed by atoms with van der Waals surface area (Å²) in [6, 6.07) is 15.4. The molecule has 2 aromatic heterocycles. The topological polar surface area (TPSA) is 103 Å². The van der Waals surface area contributed by atoms with Crippen LogP contribution >= 0.6 is 0 Å². The Balaban J connectivity index is 1.74. The quantitative estimate of drug-likeness (QED) is 0.241. The van der Waals surface area contributed by atoms with E-state index < -0.39 is 34.4 Å². The molecule has 0 amide bonds. The van der Waals surface area contributed by atoms with Crippen molar-refractivity contribution in [3.63, 3.8) is 0 Å². The zero-order valence-corrected chi connectivity index (χ0v) is 24.1. The second-order valence-electron chi connectivity index (χ2n) is 10.2. The lowest BCUT2D eigenvalue weighted by molar-refractivity contribution is 0.146. The number of aliphatic hydroxyl groups excluding tert-OH is 1. The largest absolute Gasteiger partial charge is 0.392 e. The van der Waals surface area contributed by atoms with Gasteiger partial charge >= 0.3 is 0 Å². The van der Waals surface area contributed by atoms with Gasteiger partial charge in [0.2, 0.25) is 0 Å². The number of aromatic nitrogens is 5. The third-order valence-electron chi connectivity index (χ3n) is 7.23. The normalized spacial score (nSPS) is 12.7. The molecular weight excluding hydrogens is 567 g/mol. The number of hydrogen-bond donors (Lipinski definition) is 1. The number of aliphatic hydroxyl groups is 1. The molecular formula is C30H28F3N5O3S. The minimum atomic E-state index is -3.88. The van der Waals surface area contributed by atoms with Crippen molar-refractivity contribution < 1.29 is 26.7 Å². The molecule has 5 aromatic rings. The van der Waals surface area contributed by atoms with Crippen LogP contribution in [0.25, 0.3) is 22.5 Å². The number of hydrogen-bond acceptors (Lipinski definition) is 6. The van der Waals surface area contributed by atoms with Gasteiger partial charge < -0.3 is 9.67 Å². The smallest absolute Gasteiger partial charge is 0.281 e. The summed E-state index contributed by atoms with van der Waals surface area (Å²) in [7, 11) is -3.88. The van der Waals surface area contributed by atoms with Crippen LogP contribution in [0, 0.1) is 19.7 Å². The molecule has 0 aliphatic heterocycles. The lowest BCUT2D eigenvalue weighted by Gasteiger charge is -2.19. The van der Waals surface area contributed by atoms with Crippen molar-refractivity contribution in [3.05, 3.63) is 107 Å². The van der Waals surface area contributed by atoms with Gasteiger partial charge in [0.15, 0.2) is 9.84 Å². The molecule has 0 saturated carbocycles. The Hall–Kier alpha value is -4.29. The molecule has 3 aromatic carbocycles. The van der Waals surface area contributed by atoms with Crippen molar-refractivity contribution in [1.29, 1.82) is 0 Å². The first-order chi connectivity index (χ1) is 19.9. The number of benzene rings is 3. The van der Waals surface area contributed by atoms with E-state index in [2.05, 4.69) is 15.3 Å². The molecule has 0 radical (unpaired) electrons. The molecule has 12 heteroatoms. The molecule has 0 aliphatic rings. The number of imidazole rings is 1. The molecule has 1 N–H and O–H groups in total. The van der Waals surface area contributed by atoms with Gasteiger partial charge in [0.05, 0.1) is 34.8 Å². The fourth-order valence-electron chi connectivity index (χ4n) is 4.93. The minimum absolute atomic E-state index is 0.171. The van der Waals surface area contributed by atoms with E-state index in [0.717, 1.165) is 23.4 Å². The highest BCUT2D eigenvalue weighted by atomic mass is 32.2. The van der Waals surface area contributed by atoms with E-state index in [0.29, 0.717) is 28.5 Å². The van der Waals surface area contributed by atoms with Gasteiger partial charge in [0.1, 0.15) is 17.3 Å². The van der Waals surface area contributed by atoms with Crippen LogP contribution in [0.15, 0.2) is 71.9 Å². The highest BCUT2D eigenvalue weighted by molar-refractivity contribution is 7.90. The summed E-state index contributed by atoms with van der Waals surface area (Å²) in [4.78, 5) is 3.67. The van der Waals surface area contributed by atoms with E-state index in [9.17, 15) is 22.3 Å². The zero-order chi connectivity index (χ0) is 30.3. The Labute approximate surface area is 241 Å². The lowest BCUT2D eigenvalue weighted by atomic mass is 9.96. The van der Waals surface area contributed by atoms with E-state index in [1.807, 2.05) is 38.1 Å². The van der Waals surface area contributed by atoms with Crippen molar-refractivity contribution in [2.75, 3.05) is 6.26 Å². The standard InChI is InChI=1S/C30H28F3N5O3S/c1-17-5-7-20(8-6-17)18(2)28-14-34-36-38(28)27-12-21(9-10-26(27)37-15-25(30(32)33)35-19(37)3)22-11-24(31)23(16-39)29(13-22)42(4,40)41/h5-15,18,30,39H,16H2,1-4H3. The summed E-state index contributed by atoms with van der Waals surface area (Å²) in [5, 5.41) is 18.1. The number of alkyl halides is 2. The Morgan fingerprint density at radius 3 is 2.31 bits per heavy atom. The van der Waals surface area contributed by atoms with Crippen LogP contribution in [-0.4, -0.2) is 44.3 Å².